The van der Waals surface area contributed by atoms with Crippen LogP contribution in [0.3, 0.4) is 0 Å². The van der Waals surface area contributed by atoms with Gasteiger partial charge in [-0.15, -0.1) is 0 Å². The van der Waals surface area contributed by atoms with E-state index in [9.17, 15) is 20.2 Å². The monoisotopic (exact) mass is 369 g/mol. The molecule has 7 heteroatoms. The number of nitriles is 1. The number of anilines is 1. The van der Waals surface area contributed by atoms with Crippen LogP contribution in [0.1, 0.15) is 23.6 Å². The van der Waals surface area contributed by atoms with Crippen LogP contribution in [-0.4, -0.2) is 10.8 Å². The quantitative estimate of drug-likeness (QED) is 0.358. The van der Waals surface area contributed by atoms with Gasteiger partial charge in [0.05, 0.1) is 4.92 Å². The molecule has 0 saturated carbocycles. The zero-order chi connectivity index (χ0) is 19.3. The van der Waals surface area contributed by atoms with Gasteiger partial charge in [0.25, 0.3) is 11.6 Å². The lowest BCUT2D eigenvalue weighted by molar-refractivity contribution is -0.385. The second-order valence-corrected chi connectivity index (χ2v) is 6.02. The number of hydrogen-bond donors (Lipinski definition) is 1. The van der Waals surface area contributed by atoms with E-state index in [1.165, 1.54) is 12.1 Å². The normalized spacial score (nSPS) is 10.9. The zero-order valence-corrected chi connectivity index (χ0v) is 15.0. The molecule has 0 atom stereocenters. The SMILES string of the molecule is CCc1ccc(/C=C(\C#N)C(=O)Nc2cc(Cl)ccc2C)cc1[N+](=O)[O-]. The molecular weight excluding hydrogens is 354 g/mol. The third-order valence-electron chi connectivity index (χ3n) is 3.81. The van der Waals surface area contributed by atoms with Crippen molar-refractivity contribution in [3.63, 3.8) is 0 Å². The lowest BCUT2D eigenvalue weighted by atomic mass is 10.0. The molecule has 0 saturated heterocycles. The maximum atomic E-state index is 12.4. The summed E-state index contributed by atoms with van der Waals surface area (Å²) in [7, 11) is 0. The van der Waals surface area contributed by atoms with Gasteiger partial charge in [0.1, 0.15) is 11.6 Å². The number of halogens is 1. The second-order valence-electron chi connectivity index (χ2n) is 5.58. The van der Waals surface area contributed by atoms with Gasteiger partial charge in [-0.1, -0.05) is 36.7 Å². The Bertz CT molecular complexity index is 946. The molecular formula is C19H16ClN3O3. The van der Waals surface area contributed by atoms with Crippen molar-refractivity contribution in [2.75, 3.05) is 5.32 Å². The Hall–Kier alpha value is -3.17. The van der Waals surface area contributed by atoms with Gasteiger partial charge in [-0.05, 0) is 42.7 Å². The zero-order valence-electron chi connectivity index (χ0n) is 14.2. The minimum atomic E-state index is -0.611. The van der Waals surface area contributed by atoms with Crippen molar-refractivity contribution < 1.29 is 9.72 Å². The molecule has 0 heterocycles. The molecule has 132 valence electrons. The fourth-order valence-electron chi connectivity index (χ4n) is 2.37. The Labute approximate surface area is 155 Å². The second kappa shape index (κ2) is 8.28. The lowest BCUT2D eigenvalue weighted by Gasteiger charge is -2.08. The Morgan fingerprint density at radius 2 is 2.08 bits per heavy atom. The molecule has 2 aromatic rings. The molecule has 0 spiro atoms. The molecule has 6 nitrogen and oxygen atoms in total. The smallest absolute Gasteiger partial charge is 0.273 e. The average Bonchev–Trinajstić information content (AvgIpc) is 2.62. The predicted molar refractivity (Wildman–Crippen MR) is 101 cm³/mol. The van der Waals surface area contributed by atoms with E-state index in [-0.39, 0.29) is 11.3 Å². The minimum absolute atomic E-state index is 0.0374. The molecule has 0 unspecified atom stereocenters. The Balaban J connectivity index is 2.34. The molecule has 0 aliphatic carbocycles. The topological polar surface area (TPSA) is 96.0 Å². The molecule has 0 aliphatic rings. The van der Waals surface area contributed by atoms with E-state index < -0.39 is 10.8 Å². The number of carbonyl (C=O) groups excluding carboxylic acids is 1. The fourth-order valence-corrected chi connectivity index (χ4v) is 2.55. The van der Waals surface area contributed by atoms with E-state index in [2.05, 4.69) is 5.32 Å². The average molecular weight is 370 g/mol. The summed E-state index contributed by atoms with van der Waals surface area (Å²) in [6.07, 6.45) is 1.83. The van der Waals surface area contributed by atoms with Crippen molar-refractivity contribution in [3.05, 3.63) is 73.8 Å². The summed E-state index contributed by atoms with van der Waals surface area (Å²) in [6.45, 7) is 3.62. The number of nitrogens with one attached hydrogen (secondary N) is 1. The van der Waals surface area contributed by atoms with Gasteiger partial charge in [-0.2, -0.15) is 5.26 Å². The Morgan fingerprint density at radius 3 is 2.69 bits per heavy atom. The van der Waals surface area contributed by atoms with Crippen LogP contribution < -0.4 is 5.32 Å². The van der Waals surface area contributed by atoms with Gasteiger partial charge < -0.3 is 5.32 Å². The standard InChI is InChI=1S/C19H16ClN3O3/c1-3-14-6-5-13(9-18(14)23(25)26)8-15(11-21)19(24)22-17-10-16(20)7-4-12(17)2/h4-10H,3H2,1-2H3,(H,22,24)/b15-8+. The molecule has 0 aliphatic heterocycles. The fraction of sp³-hybridized carbons (Fsp3) is 0.158. The first-order valence-corrected chi connectivity index (χ1v) is 8.20. The largest absolute Gasteiger partial charge is 0.321 e. The molecule has 26 heavy (non-hydrogen) atoms. The Kier molecular flexibility index (Phi) is 6.10. The molecule has 2 aromatic carbocycles. The third kappa shape index (κ3) is 4.47. The molecule has 1 amide bonds. The minimum Gasteiger partial charge on any atom is -0.321 e. The number of nitro benzene ring substituents is 1. The number of amides is 1. The van der Waals surface area contributed by atoms with Gasteiger partial charge >= 0.3 is 0 Å². The van der Waals surface area contributed by atoms with Crippen LogP contribution in [0.25, 0.3) is 6.08 Å². The summed E-state index contributed by atoms with van der Waals surface area (Å²) in [5, 5.41) is 23.6. The first-order valence-electron chi connectivity index (χ1n) is 7.82. The van der Waals surface area contributed by atoms with Crippen molar-refractivity contribution in [1.29, 1.82) is 5.26 Å². The van der Waals surface area contributed by atoms with Crippen LogP contribution in [0.15, 0.2) is 42.0 Å². The van der Waals surface area contributed by atoms with Crippen LogP contribution >= 0.6 is 11.6 Å². The first-order chi connectivity index (χ1) is 12.3. The number of carbonyl (C=O) groups is 1. The van der Waals surface area contributed by atoms with Crippen molar-refractivity contribution in [2.24, 2.45) is 0 Å². The van der Waals surface area contributed by atoms with Gasteiger partial charge in [0.15, 0.2) is 0 Å². The van der Waals surface area contributed by atoms with E-state index in [4.69, 9.17) is 11.6 Å². The molecule has 2 rings (SSSR count). The van der Waals surface area contributed by atoms with E-state index in [0.717, 1.165) is 5.56 Å². The number of benzene rings is 2. The van der Waals surface area contributed by atoms with Gasteiger partial charge in [-0.3, -0.25) is 14.9 Å². The summed E-state index contributed by atoms with van der Waals surface area (Å²) >= 11 is 5.92. The molecule has 0 radical (unpaired) electrons. The summed E-state index contributed by atoms with van der Waals surface area (Å²) in [5.41, 5.74) is 2.08. The van der Waals surface area contributed by atoms with Crippen molar-refractivity contribution >= 4 is 35.0 Å². The number of nitro groups is 1. The van der Waals surface area contributed by atoms with Crippen molar-refractivity contribution in [2.45, 2.75) is 20.3 Å². The third-order valence-corrected chi connectivity index (χ3v) is 4.05. The van der Waals surface area contributed by atoms with Crippen LogP contribution in [0.5, 0.6) is 0 Å². The number of rotatable bonds is 5. The first kappa shape index (κ1) is 19.2. The molecule has 0 fully saturated rings. The van der Waals surface area contributed by atoms with Crippen LogP contribution in [0.2, 0.25) is 5.02 Å². The van der Waals surface area contributed by atoms with E-state index in [1.807, 2.05) is 13.0 Å². The summed E-state index contributed by atoms with van der Waals surface area (Å²) < 4.78 is 0. The van der Waals surface area contributed by atoms with Crippen LogP contribution in [0.4, 0.5) is 11.4 Å². The van der Waals surface area contributed by atoms with Gasteiger partial charge in [0, 0.05) is 22.3 Å². The summed E-state index contributed by atoms with van der Waals surface area (Å²) in [6, 6.07) is 11.5. The van der Waals surface area contributed by atoms with E-state index in [1.54, 1.807) is 37.3 Å². The highest BCUT2D eigenvalue weighted by Gasteiger charge is 2.15. The van der Waals surface area contributed by atoms with Crippen LogP contribution in [-0.2, 0) is 11.2 Å². The van der Waals surface area contributed by atoms with E-state index in [0.29, 0.717) is 28.3 Å². The maximum Gasteiger partial charge on any atom is 0.273 e. The summed E-state index contributed by atoms with van der Waals surface area (Å²) in [4.78, 5) is 23.1. The molecule has 0 bridgehead atoms. The number of nitrogens with zero attached hydrogens (tertiary/aromatic N) is 2. The maximum absolute atomic E-state index is 12.4. The van der Waals surface area contributed by atoms with E-state index >= 15 is 0 Å². The van der Waals surface area contributed by atoms with Gasteiger partial charge in [-0.25, -0.2) is 0 Å². The highest BCUT2D eigenvalue weighted by Crippen LogP contribution is 2.23. The highest BCUT2D eigenvalue weighted by atomic mass is 35.5. The molecule has 1 N–H and O–H groups in total. The van der Waals surface area contributed by atoms with Crippen molar-refractivity contribution in [3.8, 4) is 6.07 Å². The van der Waals surface area contributed by atoms with Crippen molar-refractivity contribution in [1.82, 2.24) is 0 Å². The summed E-state index contributed by atoms with van der Waals surface area (Å²) in [5.74, 6) is -0.611. The van der Waals surface area contributed by atoms with Gasteiger partial charge in [0.2, 0.25) is 0 Å². The molecule has 0 aromatic heterocycles. The number of aryl methyl sites for hydroxylation is 2. The predicted octanol–water partition coefficient (Wildman–Crippen LogP) is 4.66. The number of hydrogen-bond acceptors (Lipinski definition) is 4. The lowest BCUT2D eigenvalue weighted by Crippen LogP contribution is -2.14. The van der Waals surface area contributed by atoms with Crippen LogP contribution in [0, 0.1) is 28.4 Å². The Morgan fingerprint density at radius 1 is 1.35 bits per heavy atom. The highest BCUT2D eigenvalue weighted by molar-refractivity contribution is 6.31.